The van der Waals surface area contributed by atoms with Gasteiger partial charge in [0.05, 0.1) is 5.75 Å². The number of piperidine rings is 1. The summed E-state index contributed by atoms with van der Waals surface area (Å²) in [5.41, 5.74) is 5.91. The number of urea groups is 1. The number of fused-ring (bicyclic) bond motifs is 2. The monoisotopic (exact) mass is 487 g/mol. The van der Waals surface area contributed by atoms with Crippen molar-refractivity contribution in [3.05, 3.63) is 28.3 Å². The molecule has 1 aromatic rings. The molecule has 2 amide bonds. The quantitative estimate of drug-likeness (QED) is 0.576. The third kappa shape index (κ3) is 6.56. The molecule has 1 fully saturated rings. The van der Waals surface area contributed by atoms with Crippen LogP contribution in [0.5, 0.6) is 0 Å². The third-order valence-electron chi connectivity index (χ3n) is 7.13. The first-order valence-electron chi connectivity index (χ1n) is 11.7. The van der Waals surface area contributed by atoms with E-state index in [-0.39, 0.29) is 57.1 Å². The summed E-state index contributed by atoms with van der Waals surface area (Å²) >= 11 is 0. The summed E-state index contributed by atoms with van der Waals surface area (Å²) in [5, 5.41) is 2.91. The molecule has 0 bridgehead atoms. The number of benzene rings is 1. The van der Waals surface area contributed by atoms with Gasteiger partial charge in [-0.1, -0.05) is 6.07 Å². The number of hydrogen-bond donors (Lipinski definition) is 2. The van der Waals surface area contributed by atoms with Crippen molar-refractivity contribution in [2.75, 3.05) is 44.8 Å². The summed E-state index contributed by atoms with van der Waals surface area (Å²) in [7, 11) is 0.574. The number of nitrogens with zero attached hydrogens (tertiary/aromatic N) is 2. The van der Waals surface area contributed by atoms with Crippen LogP contribution in [0.25, 0.3) is 0 Å². The van der Waals surface area contributed by atoms with Crippen LogP contribution in [-0.4, -0.2) is 121 Å². The maximum atomic E-state index is 12.6. The fraction of sp³-hybridized carbons (Fsp3) is 0.696. The van der Waals surface area contributed by atoms with E-state index in [9.17, 15) is 13.2 Å². The van der Waals surface area contributed by atoms with Gasteiger partial charge in [0.2, 0.25) is 10.0 Å². The molecule has 0 unspecified atom stereocenters. The molecule has 0 saturated carbocycles. The Morgan fingerprint density at radius 1 is 1.06 bits per heavy atom. The number of likely N-dealkylation sites (tertiary alicyclic amines) is 1. The second kappa shape index (κ2) is 11.6. The van der Waals surface area contributed by atoms with Crippen LogP contribution in [0.2, 0.25) is 0 Å². The predicted octanol–water partition coefficient (Wildman–Crippen LogP) is 2.15. The van der Waals surface area contributed by atoms with Crippen LogP contribution < -0.4 is 10.0 Å². The molecule has 0 atom stereocenters. The van der Waals surface area contributed by atoms with Crippen LogP contribution in [0.4, 0.5) is 10.5 Å². The van der Waals surface area contributed by atoms with E-state index >= 15 is 0 Å². The predicted molar refractivity (Wildman–Crippen MR) is 130 cm³/mol. The van der Waals surface area contributed by atoms with Gasteiger partial charge in [-0.05, 0) is 114 Å². The summed E-state index contributed by atoms with van der Waals surface area (Å²) < 4.78 is 27.2. The van der Waals surface area contributed by atoms with Gasteiger partial charge in [-0.25, -0.2) is 17.9 Å². The van der Waals surface area contributed by atoms with Crippen molar-refractivity contribution < 1.29 is 13.2 Å². The van der Waals surface area contributed by atoms with Crippen molar-refractivity contribution in [3.63, 3.8) is 0 Å². The fourth-order valence-corrected chi connectivity index (χ4v) is 6.38. The maximum Gasteiger partial charge on any atom is 0.332 e. The molecular weight excluding hydrogens is 451 g/mol. The standard InChI is InChI=1S/C23H36N4O3S.K/c1-26(2)19-10-13-27(14-11-19)12-5-15-31(29,30)25-23(28)24-22-20-8-3-6-17(20)16-18-7-4-9-21(18)22;/h16,19H,3-15H2,1-2H3,(H2,24,25,28);. The summed E-state index contributed by atoms with van der Waals surface area (Å²) in [4.78, 5) is 17.2. The Kier molecular flexibility index (Phi) is 9.66. The van der Waals surface area contributed by atoms with Crippen molar-refractivity contribution in [1.82, 2.24) is 14.5 Å². The molecule has 1 aromatic carbocycles. The number of carbonyl (C=O) groups is 1. The molecule has 1 aliphatic heterocycles. The zero-order valence-electron chi connectivity index (χ0n) is 19.9. The molecule has 1 heterocycles. The minimum Gasteiger partial charge on any atom is -0.307 e. The Balaban J connectivity index is 0.00000289. The summed E-state index contributed by atoms with van der Waals surface area (Å²) in [5.74, 6) is -0.0287. The van der Waals surface area contributed by atoms with Crippen LogP contribution in [0.3, 0.4) is 0 Å². The van der Waals surface area contributed by atoms with Crippen LogP contribution in [0.15, 0.2) is 6.07 Å². The molecule has 7 nitrogen and oxygen atoms in total. The number of nitrogens with one attached hydrogen (secondary N) is 2. The minimum atomic E-state index is -3.65. The van der Waals surface area contributed by atoms with Crippen LogP contribution in [0, 0.1) is 0 Å². The normalized spacial score (nSPS) is 18.8. The molecule has 3 aliphatic rings. The van der Waals surface area contributed by atoms with Gasteiger partial charge in [-0.15, -0.1) is 0 Å². The van der Waals surface area contributed by atoms with E-state index in [0.29, 0.717) is 12.5 Å². The van der Waals surface area contributed by atoms with Crippen LogP contribution >= 0.6 is 0 Å². The average Bonchev–Trinajstić information content (AvgIpc) is 3.37. The van der Waals surface area contributed by atoms with E-state index in [4.69, 9.17) is 0 Å². The third-order valence-corrected chi connectivity index (χ3v) is 8.46. The number of amides is 2. The molecule has 0 aromatic heterocycles. The second-order valence-corrected chi connectivity index (χ2v) is 11.3. The van der Waals surface area contributed by atoms with E-state index in [1.807, 2.05) is 0 Å². The zero-order chi connectivity index (χ0) is 22.0. The molecule has 2 N–H and O–H groups in total. The Morgan fingerprint density at radius 3 is 2.22 bits per heavy atom. The SMILES string of the molecule is CN(C)C1CCN(CCCS(=O)(=O)NC(=O)Nc2c3c(cc4c2CCC4)CCC3)CC1.[K]. The van der Waals surface area contributed by atoms with Gasteiger partial charge in [-0.2, -0.15) is 0 Å². The van der Waals surface area contributed by atoms with E-state index in [1.165, 1.54) is 22.3 Å². The van der Waals surface area contributed by atoms with Gasteiger partial charge < -0.3 is 15.1 Å². The zero-order valence-corrected chi connectivity index (χ0v) is 23.8. The molecule has 2 aliphatic carbocycles. The smallest absolute Gasteiger partial charge is 0.307 e. The largest absolute Gasteiger partial charge is 0.332 e. The first kappa shape index (κ1) is 26.6. The minimum absolute atomic E-state index is 0. The number of carbonyl (C=O) groups excluding carboxylic acids is 1. The van der Waals surface area contributed by atoms with Gasteiger partial charge in [0, 0.05) is 63.1 Å². The summed E-state index contributed by atoms with van der Waals surface area (Å²) in [6, 6.07) is 2.29. The first-order valence-corrected chi connectivity index (χ1v) is 13.3. The second-order valence-electron chi connectivity index (χ2n) is 9.50. The molecule has 1 radical (unpaired) electrons. The summed E-state index contributed by atoms with van der Waals surface area (Å²) in [6.07, 6.45) is 8.96. The van der Waals surface area contributed by atoms with Crippen molar-refractivity contribution in [2.45, 2.75) is 63.8 Å². The maximum absolute atomic E-state index is 12.6. The van der Waals surface area contributed by atoms with Crippen molar-refractivity contribution >= 4 is 73.1 Å². The van der Waals surface area contributed by atoms with Crippen molar-refractivity contribution in [2.24, 2.45) is 0 Å². The number of anilines is 1. The Hall–Kier alpha value is -0.00364. The first-order chi connectivity index (χ1) is 14.8. The van der Waals surface area contributed by atoms with Gasteiger partial charge in [0.1, 0.15) is 0 Å². The molecule has 32 heavy (non-hydrogen) atoms. The Labute approximate surface area is 235 Å². The number of sulfonamides is 1. The van der Waals surface area contributed by atoms with Gasteiger partial charge >= 0.3 is 6.03 Å². The van der Waals surface area contributed by atoms with Gasteiger partial charge in [0.25, 0.3) is 0 Å². The van der Waals surface area contributed by atoms with E-state index in [1.54, 1.807) is 0 Å². The van der Waals surface area contributed by atoms with E-state index in [2.05, 4.69) is 40.0 Å². The molecule has 173 valence electrons. The molecule has 9 heteroatoms. The average molecular weight is 488 g/mol. The van der Waals surface area contributed by atoms with Crippen LogP contribution in [0.1, 0.15) is 54.4 Å². The number of rotatable bonds is 7. The van der Waals surface area contributed by atoms with Crippen LogP contribution in [-0.2, 0) is 35.7 Å². The topological polar surface area (TPSA) is 81.8 Å². The van der Waals surface area contributed by atoms with Crippen molar-refractivity contribution in [3.8, 4) is 0 Å². The van der Waals surface area contributed by atoms with Crippen molar-refractivity contribution in [1.29, 1.82) is 0 Å². The molecular formula is C23H36KN4O3S. The Bertz CT molecular complexity index is 895. The Morgan fingerprint density at radius 2 is 1.66 bits per heavy atom. The number of hydrogen-bond acceptors (Lipinski definition) is 5. The van der Waals surface area contributed by atoms with E-state index < -0.39 is 16.1 Å². The number of aryl methyl sites for hydroxylation is 2. The van der Waals surface area contributed by atoms with Gasteiger partial charge in [-0.3, -0.25) is 0 Å². The summed E-state index contributed by atoms with van der Waals surface area (Å²) in [6.45, 7) is 2.75. The molecule has 0 spiro atoms. The molecule has 1 saturated heterocycles. The fourth-order valence-electron chi connectivity index (χ4n) is 5.44. The van der Waals surface area contributed by atoms with E-state index in [0.717, 1.165) is 76.7 Å². The molecule has 4 rings (SSSR count). The van der Waals surface area contributed by atoms with Gasteiger partial charge in [0.15, 0.2) is 0 Å².